The van der Waals surface area contributed by atoms with Crippen molar-refractivity contribution in [2.75, 3.05) is 0 Å². The molecule has 1 radical (unpaired) electrons. The summed E-state index contributed by atoms with van der Waals surface area (Å²) in [6.07, 6.45) is 1.81. The predicted molar refractivity (Wildman–Crippen MR) is 54.7 cm³/mol. The van der Waals surface area contributed by atoms with Crippen LogP contribution in [0.2, 0.25) is 0 Å². The highest BCUT2D eigenvalue weighted by atomic mass is 16.5. The average molecular weight is 192 g/mol. The van der Waals surface area contributed by atoms with Crippen molar-refractivity contribution >= 4 is 6.41 Å². The van der Waals surface area contributed by atoms with Gasteiger partial charge in [0, 0.05) is 6.54 Å². The van der Waals surface area contributed by atoms with Crippen molar-refractivity contribution in [3.8, 4) is 5.75 Å². The fraction of sp³-hybridized carbons (Fsp3) is 0.364. The monoisotopic (exact) mass is 192 g/mol. The normalized spacial score (nSPS) is 9.93. The summed E-state index contributed by atoms with van der Waals surface area (Å²) in [5.74, 6) is 0.846. The molecule has 3 heteroatoms. The van der Waals surface area contributed by atoms with E-state index in [9.17, 15) is 4.79 Å². The fourth-order valence-corrected chi connectivity index (χ4v) is 1.10. The van der Waals surface area contributed by atoms with Gasteiger partial charge in [-0.2, -0.15) is 0 Å². The van der Waals surface area contributed by atoms with Gasteiger partial charge in [0.2, 0.25) is 0 Å². The van der Waals surface area contributed by atoms with E-state index < -0.39 is 0 Å². The third kappa shape index (κ3) is 3.47. The van der Waals surface area contributed by atoms with E-state index in [1.165, 1.54) is 0 Å². The van der Waals surface area contributed by atoms with E-state index in [-0.39, 0.29) is 6.10 Å². The number of carbonyl (C=O) groups excluding carboxylic acids is 1. The maximum Gasteiger partial charge on any atom is 0.309 e. The first-order valence-corrected chi connectivity index (χ1v) is 4.58. The minimum atomic E-state index is 0.183. The lowest BCUT2D eigenvalue weighted by Crippen LogP contribution is -2.09. The molecule has 1 rings (SSSR count). The number of rotatable bonds is 5. The maximum absolute atomic E-state index is 9.93. The van der Waals surface area contributed by atoms with Crippen LogP contribution in [0.1, 0.15) is 19.4 Å². The molecule has 0 bridgehead atoms. The van der Waals surface area contributed by atoms with Gasteiger partial charge in [-0.15, -0.1) is 0 Å². The fourth-order valence-electron chi connectivity index (χ4n) is 1.10. The molecular weight excluding hydrogens is 178 g/mol. The van der Waals surface area contributed by atoms with Gasteiger partial charge >= 0.3 is 6.41 Å². The van der Waals surface area contributed by atoms with Gasteiger partial charge in [0.1, 0.15) is 5.75 Å². The lowest BCUT2D eigenvalue weighted by molar-refractivity contribution is 0.242. The first kappa shape index (κ1) is 10.6. The number of nitrogens with one attached hydrogen (secondary N) is 1. The van der Waals surface area contributed by atoms with Gasteiger partial charge in [-0.1, -0.05) is 12.1 Å². The van der Waals surface area contributed by atoms with Crippen LogP contribution in [0.3, 0.4) is 0 Å². The molecule has 0 aromatic heterocycles. The molecule has 0 unspecified atom stereocenters. The molecule has 0 heterocycles. The molecule has 1 aromatic rings. The van der Waals surface area contributed by atoms with Crippen LogP contribution in [0.4, 0.5) is 0 Å². The number of amides is 1. The zero-order valence-corrected chi connectivity index (χ0v) is 8.41. The van der Waals surface area contributed by atoms with Crippen molar-refractivity contribution in [1.82, 2.24) is 5.32 Å². The summed E-state index contributed by atoms with van der Waals surface area (Å²) in [6, 6.07) is 7.62. The molecule has 75 valence electrons. The zero-order chi connectivity index (χ0) is 10.4. The standard InChI is InChI=1S/C11H14NO2/c1-9(2)14-11-5-3-10(4-6-11)7-12-8-13/h3-6,9H,7H2,1-2H3,(H,12,13). The van der Waals surface area contributed by atoms with Crippen molar-refractivity contribution in [2.45, 2.75) is 26.5 Å². The van der Waals surface area contributed by atoms with Crippen molar-refractivity contribution in [3.63, 3.8) is 0 Å². The van der Waals surface area contributed by atoms with Crippen LogP contribution >= 0.6 is 0 Å². The molecule has 0 aliphatic carbocycles. The van der Waals surface area contributed by atoms with Gasteiger partial charge in [-0.25, -0.2) is 0 Å². The molecule has 1 aromatic carbocycles. The maximum atomic E-state index is 9.93. The van der Waals surface area contributed by atoms with Crippen molar-refractivity contribution < 1.29 is 9.53 Å². The summed E-state index contributed by atoms with van der Waals surface area (Å²) in [5, 5.41) is 2.48. The number of hydrogen-bond acceptors (Lipinski definition) is 2. The Kier molecular flexibility index (Phi) is 3.98. The summed E-state index contributed by atoms with van der Waals surface area (Å²) in [6.45, 7) is 4.47. The Morgan fingerprint density at radius 2 is 2.00 bits per heavy atom. The smallest absolute Gasteiger partial charge is 0.309 e. The third-order valence-corrected chi connectivity index (χ3v) is 1.66. The highest BCUT2D eigenvalue weighted by molar-refractivity contribution is 5.47. The molecular formula is C11H14NO2. The van der Waals surface area contributed by atoms with Gasteiger partial charge in [-0.3, -0.25) is 4.79 Å². The van der Waals surface area contributed by atoms with Gasteiger partial charge in [-0.05, 0) is 31.5 Å². The van der Waals surface area contributed by atoms with Crippen molar-refractivity contribution in [2.24, 2.45) is 0 Å². The van der Waals surface area contributed by atoms with E-state index in [4.69, 9.17) is 4.74 Å². The molecule has 1 amide bonds. The summed E-state index contributed by atoms with van der Waals surface area (Å²) in [5.41, 5.74) is 1.03. The van der Waals surface area contributed by atoms with E-state index in [0.717, 1.165) is 11.3 Å². The number of benzene rings is 1. The van der Waals surface area contributed by atoms with Crippen LogP contribution in [-0.4, -0.2) is 12.5 Å². The summed E-state index contributed by atoms with van der Waals surface area (Å²) < 4.78 is 5.48. The predicted octanol–water partition coefficient (Wildman–Crippen LogP) is 1.63. The summed E-state index contributed by atoms with van der Waals surface area (Å²) >= 11 is 0. The molecule has 0 spiro atoms. The van der Waals surface area contributed by atoms with Crippen molar-refractivity contribution in [3.05, 3.63) is 29.8 Å². The third-order valence-electron chi connectivity index (χ3n) is 1.66. The second kappa shape index (κ2) is 5.27. The Morgan fingerprint density at radius 1 is 1.36 bits per heavy atom. The van der Waals surface area contributed by atoms with Gasteiger partial charge in [0.05, 0.1) is 6.10 Å². The Balaban J connectivity index is 2.54. The first-order chi connectivity index (χ1) is 6.72. The van der Waals surface area contributed by atoms with Crippen LogP contribution in [0, 0.1) is 0 Å². The Morgan fingerprint density at radius 3 is 2.50 bits per heavy atom. The molecule has 1 N–H and O–H groups in total. The second-order valence-corrected chi connectivity index (χ2v) is 3.27. The number of hydrogen-bond donors (Lipinski definition) is 1. The quantitative estimate of drug-likeness (QED) is 0.720. The van der Waals surface area contributed by atoms with Gasteiger partial charge < -0.3 is 10.1 Å². The van der Waals surface area contributed by atoms with Crippen LogP contribution in [-0.2, 0) is 11.3 Å². The van der Waals surface area contributed by atoms with E-state index in [0.29, 0.717) is 6.54 Å². The van der Waals surface area contributed by atoms with E-state index in [1.54, 1.807) is 6.41 Å². The zero-order valence-electron chi connectivity index (χ0n) is 8.41. The minimum Gasteiger partial charge on any atom is -0.491 e. The molecule has 0 atom stereocenters. The lowest BCUT2D eigenvalue weighted by Gasteiger charge is -2.09. The van der Waals surface area contributed by atoms with Crippen molar-refractivity contribution in [1.29, 1.82) is 0 Å². The molecule has 3 nitrogen and oxygen atoms in total. The van der Waals surface area contributed by atoms with Gasteiger partial charge in [0.15, 0.2) is 0 Å². The van der Waals surface area contributed by atoms with Crippen LogP contribution in [0.15, 0.2) is 24.3 Å². The second-order valence-electron chi connectivity index (χ2n) is 3.27. The molecule has 0 saturated heterocycles. The summed E-state index contributed by atoms with van der Waals surface area (Å²) in [4.78, 5) is 9.93. The largest absolute Gasteiger partial charge is 0.491 e. The summed E-state index contributed by atoms with van der Waals surface area (Å²) in [7, 11) is 0. The van der Waals surface area contributed by atoms with E-state index in [1.807, 2.05) is 38.1 Å². The van der Waals surface area contributed by atoms with Gasteiger partial charge in [0.25, 0.3) is 0 Å². The lowest BCUT2D eigenvalue weighted by atomic mass is 10.2. The Hall–Kier alpha value is -1.51. The highest BCUT2D eigenvalue weighted by Gasteiger charge is 1.97. The van der Waals surface area contributed by atoms with E-state index >= 15 is 0 Å². The minimum absolute atomic E-state index is 0.183. The average Bonchev–Trinajstić information content (AvgIpc) is 2.16. The van der Waals surface area contributed by atoms with Crippen LogP contribution in [0.25, 0.3) is 0 Å². The molecule has 0 fully saturated rings. The Labute approximate surface area is 84.1 Å². The topological polar surface area (TPSA) is 38.3 Å². The molecule has 0 aliphatic rings. The molecule has 0 aliphatic heterocycles. The first-order valence-electron chi connectivity index (χ1n) is 4.58. The molecule has 0 saturated carbocycles. The number of ether oxygens (including phenoxy) is 1. The molecule has 14 heavy (non-hydrogen) atoms. The van der Waals surface area contributed by atoms with E-state index in [2.05, 4.69) is 5.32 Å². The van der Waals surface area contributed by atoms with Crippen LogP contribution < -0.4 is 10.1 Å². The highest BCUT2D eigenvalue weighted by Crippen LogP contribution is 2.13. The van der Waals surface area contributed by atoms with Crippen LogP contribution in [0.5, 0.6) is 5.75 Å². The SMILES string of the molecule is CC(C)Oc1ccc(CN[C]=O)cc1. The Bertz CT molecular complexity index is 280.